The minimum atomic E-state index is -1.56. The molecule has 4 bridgehead atoms. The second kappa shape index (κ2) is 37.3. The predicted octanol–water partition coefficient (Wildman–Crippen LogP) is -0.294. The SMILES string of the molecule is NC(=O)[C@@H]1CSCc2cccc(c2)CSCCC(=O)N[C@@H]2CCCCNC(=O)CC[C@H](NC(=O)[C@H](CC3CNC4CCC(F)CC34)NC(=O)[C@H](CC3CNC4CCC(F)CC34)NC(=O)CNC2=O)C(=O)N[C@@H](CC2CNCN2)C(=O)N[C@@H](CC2CCC(O)CC2)C(=O)N2CCC[C@H]2C(=O)N1. The maximum atomic E-state index is 15.4. The standard InChI is InChI=1S/C69H105F2N15O12S2/c70-43-11-15-49-47(27-43)41(30-75-49)25-53-65(94)82-54(26-42-31-76-50-16-12-44(71)28-48(42)50)66(95)81-52-17-18-59(88)74-20-2-1-7-51(63(92)77-33-61(90)80-53)79-60(89)19-22-99-34-39-5-3-6-40(23-39)35-100-36-57(62(72)91)85-68(97)58-8-4-21-86(58)69(98)56(24-38-9-13-46(87)14-10-38)84-67(96)55(83-64(52)93)29-45-32-73-37-78-45/h3,5-6,23,38,41-58,73,75-76,78,87H,1-2,4,7-22,24-37H2,(H2,72,91)(H,74,88)(H,77,92)(H,79,89)(H,80,90)(H,81,95)(H,82,94)(H,83,93)(H,84,96)(H,85,97)/t38?,41?,42?,43?,44?,45?,46?,47?,48?,49?,50?,51-,52+,53+,54+,55+,56+,57+,58+/m1/s1. The van der Waals surface area contributed by atoms with Crippen molar-refractivity contribution in [3.8, 4) is 0 Å². The third-order valence-corrected chi connectivity index (χ3v) is 24.1. The number of alkyl halides is 2. The molecule has 17 atom stereocenters. The van der Waals surface area contributed by atoms with E-state index in [0.29, 0.717) is 114 Å². The summed E-state index contributed by atoms with van der Waals surface area (Å²) in [6.45, 7) is 1.20. The number of aliphatic hydroxyl groups excluding tert-OH is 1. The number of amides is 11. The normalized spacial score (nSPS) is 36.0. The molecule has 0 aromatic heterocycles. The van der Waals surface area contributed by atoms with Gasteiger partial charge in [-0.15, -0.1) is 0 Å². The molecule has 10 rings (SSSR count). The van der Waals surface area contributed by atoms with E-state index in [1.165, 1.54) is 28.4 Å². The molecule has 27 nitrogen and oxygen atoms in total. The minimum absolute atomic E-state index is 0.0116. The van der Waals surface area contributed by atoms with E-state index in [1.54, 1.807) is 0 Å². The van der Waals surface area contributed by atoms with E-state index in [2.05, 4.69) is 69.1 Å². The molecule has 3 saturated carbocycles. The van der Waals surface area contributed by atoms with Crippen molar-refractivity contribution in [1.29, 1.82) is 0 Å². The summed E-state index contributed by atoms with van der Waals surface area (Å²) < 4.78 is 30.5. The average molecular weight is 1440 g/mol. The van der Waals surface area contributed by atoms with Gasteiger partial charge in [0.15, 0.2) is 0 Å². The molecule has 1 aromatic carbocycles. The smallest absolute Gasteiger partial charge is 0.245 e. The van der Waals surface area contributed by atoms with Crippen LogP contribution in [0.5, 0.6) is 0 Å². The topological polar surface area (TPSA) is 394 Å². The molecule has 1 aromatic rings. The highest BCUT2D eigenvalue weighted by Crippen LogP contribution is 2.40. The number of primary amides is 1. The lowest BCUT2D eigenvalue weighted by Gasteiger charge is -2.34. The molecule has 11 amide bonds. The van der Waals surface area contributed by atoms with Gasteiger partial charge < -0.3 is 84.9 Å². The summed E-state index contributed by atoms with van der Waals surface area (Å²) in [5.74, 6) is -7.29. The van der Waals surface area contributed by atoms with Crippen LogP contribution in [0, 0.1) is 29.6 Å². The highest BCUT2D eigenvalue weighted by molar-refractivity contribution is 7.98. The number of carbonyl (C=O) groups is 11. The number of aliphatic hydroxyl groups is 1. The molecule has 554 valence electrons. The fourth-order valence-electron chi connectivity index (χ4n) is 16.4. The van der Waals surface area contributed by atoms with E-state index in [9.17, 15) is 33.9 Å². The molecular weight excluding hydrogens is 1330 g/mol. The van der Waals surface area contributed by atoms with Gasteiger partial charge >= 0.3 is 0 Å². The number of halogens is 2. The van der Waals surface area contributed by atoms with Crippen molar-refractivity contribution >= 4 is 88.5 Å². The Balaban J connectivity index is 0.983. The third kappa shape index (κ3) is 21.9. The van der Waals surface area contributed by atoms with Crippen LogP contribution in [0.1, 0.15) is 152 Å². The number of nitrogens with one attached hydrogen (secondary N) is 13. The monoisotopic (exact) mass is 1440 g/mol. The van der Waals surface area contributed by atoms with E-state index < -0.39 is 144 Å². The van der Waals surface area contributed by atoms with Crippen LogP contribution in [0.15, 0.2) is 24.3 Å². The summed E-state index contributed by atoms with van der Waals surface area (Å²) in [5, 5.41) is 49.6. The van der Waals surface area contributed by atoms with Gasteiger partial charge in [-0.3, -0.25) is 52.7 Å². The zero-order valence-corrected chi connectivity index (χ0v) is 58.8. The van der Waals surface area contributed by atoms with Gasteiger partial charge in [0, 0.05) is 80.3 Å². The highest BCUT2D eigenvalue weighted by atomic mass is 32.2. The van der Waals surface area contributed by atoms with Gasteiger partial charge in [0.1, 0.15) is 60.7 Å². The Morgan fingerprint density at radius 2 is 1.19 bits per heavy atom. The molecule has 8 fully saturated rings. The second-order valence-corrected chi connectivity index (χ2v) is 31.4. The molecular formula is C69H105F2N15O12S2. The van der Waals surface area contributed by atoms with Crippen molar-refractivity contribution in [1.82, 2.24) is 74.0 Å². The highest BCUT2D eigenvalue weighted by Gasteiger charge is 2.47. The molecule has 3 aliphatic carbocycles. The molecule has 9 aliphatic rings. The van der Waals surface area contributed by atoms with Crippen LogP contribution in [0.2, 0.25) is 0 Å². The van der Waals surface area contributed by atoms with Crippen LogP contribution in [0.25, 0.3) is 0 Å². The van der Waals surface area contributed by atoms with Crippen LogP contribution in [-0.2, 0) is 64.2 Å². The van der Waals surface area contributed by atoms with Gasteiger partial charge in [-0.25, -0.2) is 8.78 Å². The van der Waals surface area contributed by atoms with Crippen molar-refractivity contribution < 1.29 is 66.6 Å². The van der Waals surface area contributed by atoms with Gasteiger partial charge in [-0.1, -0.05) is 24.3 Å². The Hall–Kier alpha value is -6.25. The molecule has 16 N–H and O–H groups in total. The Bertz CT molecular complexity index is 3040. The van der Waals surface area contributed by atoms with Gasteiger partial charge in [0.2, 0.25) is 65.0 Å². The zero-order chi connectivity index (χ0) is 70.8. The number of fused-ring (bicyclic) bond motifs is 14. The number of thioether (sulfide) groups is 2. The fraction of sp³-hybridized carbons (Fsp3) is 0.754. The molecule has 9 unspecified atom stereocenters. The molecule has 0 spiro atoms. The lowest BCUT2D eigenvalue weighted by atomic mass is 9.76. The first kappa shape index (κ1) is 76.4. The van der Waals surface area contributed by atoms with Crippen LogP contribution in [-0.4, -0.2) is 217 Å². The van der Waals surface area contributed by atoms with Crippen molar-refractivity contribution in [3.05, 3.63) is 35.4 Å². The number of carbonyl (C=O) groups excluding carboxylic acids is 11. The first-order chi connectivity index (χ1) is 48.2. The van der Waals surface area contributed by atoms with E-state index in [4.69, 9.17) is 5.73 Å². The van der Waals surface area contributed by atoms with Crippen molar-refractivity contribution in [2.75, 3.05) is 57.4 Å². The lowest BCUT2D eigenvalue weighted by Crippen LogP contribution is -2.61. The Morgan fingerprint density at radius 3 is 1.86 bits per heavy atom. The Labute approximate surface area is 592 Å². The van der Waals surface area contributed by atoms with E-state index in [0.717, 1.165) is 11.1 Å². The first-order valence-electron chi connectivity index (χ1n) is 36.5. The summed E-state index contributed by atoms with van der Waals surface area (Å²) in [7, 11) is 0. The number of hydrogen-bond donors (Lipinski definition) is 15. The quantitative estimate of drug-likeness (QED) is 0.151. The summed E-state index contributed by atoms with van der Waals surface area (Å²) >= 11 is 2.88. The largest absolute Gasteiger partial charge is 0.393 e. The van der Waals surface area contributed by atoms with E-state index >= 15 is 32.8 Å². The molecule has 0 radical (unpaired) electrons. The zero-order valence-electron chi connectivity index (χ0n) is 57.1. The van der Waals surface area contributed by atoms with Crippen LogP contribution < -0.4 is 74.9 Å². The van der Waals surface area contributed by atoms with Crippen molar-refractivity contribution in [2.24, 2.45) is 35.3 Å². The van der Waals surface area contributed by atoms with E-state index in [-0.39, 0.29) is 131 Å². The molecule has 5 saturated heterocycles. The van der Waals surface area contributed by atoms with E-state index in [1.807, 2.05) is 24.3 Å². The summed E-state index contributed by atoms with van der Waals surface area (Å²) in [4.78, 5) is 161. The summed E-state index contributed by atoms with van der Waals surface area (Å²) in [6, 6.07) is -2.92. The number of hydrogen-bond acceptors (Lipinski definition) is 18. The number of benzene rings is 1. The Morgan fingerprint density at radius 1 is 0.560 bits per heavy atom. The average Bonchev–Trinajstić information content (AvgIpc) is 1.63. The number of nitrogens with zero attached hydrogens (tertiary/aromatic N) is 1. The van der Waals surface area contributed by atoms with Gasteiger partial charge in [-0.2, -0.15) is 23.5 Å². The maximum Gasteiger partial charge on any atom is 0.245 e. The van der Waals surface area contributed by atoms with Gasteiger partial charge in [0.25, 0.3) is 0 Å². The third-order valence-electron chi connectivity index (χ3n) is 22.0. The minimum Gasteiger partial charge on any atom is -0.393 e. The first-order valence-corrected chi connectivity index (χ1v) is 38.9. The molecule has 100 heavy (non-hydrogen) atoms. The van der Waals surface area contributed by atoms with Crippen molar-refractivity contribution in [3.63, 3.8) is 0 Å². The van der Waals surface area contributed by atoms with Crippen molar-refractivity contribution in [2.45, 2.75) is 238 Å². The fourth-order valence-corrected chi connectivity index (χ4v) is 18.3. The van der Waals surface area contributed by atoms with Crippen LogP contribution >= 0.6 is 23.5 Å². The lowest BCUT2D eigenvalue weighted by molar-refractivity contribution is -0.143. The molecule has 31 heteroatoms. The van der Waals surface area contributed by atoms with Gasteiger partial charge in [0.05, 0.1) is 12.6 Å². The predicted molar refractivity (Wildman–Crippen MR) is 371 cm³/mol. The Kier molecular flexibility index (Phi) is 28.5. The van der Waals surface area contributed by atoms with Crippen LogP contribution in [0.4, 0.5) is 8.78 Å². The number of nitrogens with two attached hydrogens (primary N) is 1. The summed E-state index contributed by atoms with van der Waals surface area (Å²) in [5.41, 5.74) is 7.81. The number of rotatable bonds is 9. The summed E-state index contributed by atoms with van der Waals surface area (Å²) in [6.07, 6.45) is 2.51. The molecule has 6 aliphatic heterocycles. The van der Waals surface area contributed by atoms with Crippen LogP contribution in [0.3, 0.4) is 0 Å². The second-order valence-electron chi connectivity index (χ2n) is 29.2. The maximum absolute atomic E-state index is 15.4. The molecule has 6 heterocycles. The van der Waals surface area contributed by atoms with Gasteiger partial charge in [-0.05, 0) is 182 Å².